The van der Waals surface area contributed by atoms with E-state index in [2.05, 4.69) is 26.8 Å². The number of carboxylic acids is 1. The molecule has 3 heteroatoms. The molecule has 0 saturated heterocycles. The molecule has 1 fully saturated rings. The van der Waals surface area contributed by atoms with E-state index in [1.165, 1.54) is 5.57 Å². The van der Waals surface area contributed by atoms with Crippen LogP contribution in [0, 0.1) is 11.3 Å². The standard InChI is InChI=1S/C17H30O3/c1-12(2)7-8-13(3)14(4)20-16(5,6)11-17(9-10-17)15(18)19/h8,12,14H,7,9-11H2,1-6H3,(H,18,19)/b13-8+/t14-/m1/s1. The van der Waals surface area contributed by atoms with Crippen LogP contribution < -0.4 is 0 Å². The summed E-state index contributed by atoms with van der Waals surface area (Å²) >= 11 is 0. The van der Waals surface area contributed by atoms with Crippen LogP contribution in [-0.2, 0) is 9.53 Å². The van der Waals surface area contributed by atoms with Crippen LogP contribution in [-0.4, -0.2) is 22.8 Å². The SMILES string of the molecule is C/C(=C\CC(C)C)[C@@H](C)OC(C)(C)CC1(C(=O)O)CC1. The summed E-state index contributed by atoms with van der Waals surface area (Å²) in [5.41, 5.74) is 0.298. The summed E-state index contributed by atoms with van der Waals surface area (Å²) in [5.74, 6) is -0.0270. The van der Waals surface area contributed by atoms with E-state index in [0.29, 0.717) is 12.3 Å². The lowest BCUT2D eigenvalue weighted by atomic mass is 9.90. The van der Waals surface area contributed by atoms with Crippen molar-refractivity contribution >= 4 is 5.97 Å². The molecule has 1 N–H and O–H groups in total. The molecule has 0 aromatic rings. The van der Waals surface area contributed by atoms with Crippen molar-refractivity contribution in [3.05, 3.63) is 11.6 Å². The number of allylic oxidation sites excluding steroid dienone is 1. The first-order chi connectivity index (χ1) is 9.08. The lowest BCUT2D eigenvalue weighted by Crippen LogP contribution is -2.35. The zero-order chi connectivity index (χ0) is 15.6. The van der Waals surface area contributed by atoms with Crippen LogP contribution in [0.1, 0.15) is 67.2 Å². The fourth-order valence-corrected chi connectivity index (χ4v) is 2.63. The average Bonchev–Trinajstić information content (AvgIpc) is 3.05. The first-order valence-corrected chi connectivity index (χ1v) is 7.66. The smallest absolute Gasteiger partial charge is 0.309 e. The first-order valence-electron chi connectivity index (χ1n) is 7.66. The molecule has 0 radical (unpaired) electrons. The van der Waals surface area contributed by atoms with Crippen LogP contribution in [0.3, 0.4) is 0 Å². The predicted molar refractivity (Wildman–Crippen MR) is 81.8 cm³/mol. The molecule has 1 rings (SSSR count). The van der Waals surface area contributed by atoms with E-state index >= 15 is 0 Å². The van der Waals surface area contributed by atoms with Gasteiger partial charge in [0.25, 0.3) is 0 Å². The summed E-state index contributed by atoms with van der Waals surface area (Å²) in [5, 5.41) is 9.29. The van der Waals surface area contributed by atoms with Gasteiger partial charge in [0.1, 0.15) is 0 Å². The second-order valence-electron chi connectivity index (χ2n) is 7.36. The Labute approximate surface area is 123 Å². The largest absolute Gasteiger partial charge is 0.481 e. The summed E-state index contributed by atoms with van der Waals surface area (Å²) in [6, 6.07) is 0. The Kier molecular flexibility index (Phi) is 5.42. The molecular weight excluding hydrogens is 252 g/mol. The fourth-order valence-electron chi connectivity index (χ4n) is 2.63. The van der Waals surface area contributed by atoms with Crippen LogP contribution in [0.15, 0.2) is 11.6 Å². The molecule has 1 aliphatic carbocycles. The van der Waals surface area contributed by atoms with Crippen molar-refractivity contribution in [2.75, 3.05) is 0 Å². The molecule has 0 heterocycles. The molecule has 0 amide bonds. The van der Waals surface area contributed by atoms with Gasteiger partial charge >= 0.3 is 5.97 Å². The number of hydrogen-bond acceptors (Lipinski definition) is 2. The van der Waals surface area contributed by atoms with Gasteiger partial charge in [0.15, 0.2) is 0 Å². The van der Waals surface area contributed by atoms with Crippen molar-refractivity contribution in [3.63, 3.8) is 0 Å². The third kappa shape index (κ3) is 4.93. The Morgan fingerprint density at radius 1 is 1.35 bits per heavy atom. The Bertz CT molecular complexity index is 376. The summed E-state index contributed by atoms with van der Waals surface area (Å²) in [6.45, 7) is 12.5. The molecule has 20 heavy (non-hydrogen) atoms. The molecule has 0 bridgehead atoms. The molecule has 3 nitrogen and oxygen atoms in total. The third-order valence-electron chi connectivity index (χ3n) is 4.12. The molecule has 0 aliphatic heterocycles. The second-order valence-corrected chi connectivity index (χ2v) is 7.36. The number of aliphatic carboxylic acids is 1. The van der Waals surface area contributed by atoms with E-state index in [1.54, 1.807) is 0 Å². The maximum Gasteiger partial charge on any atom is 0.309 e. The van der Waals surface area contributed by atoms with Gasteiger partial charge in [-0.05, 0) is 64.9 Å². The lowest BCUT2D eigenvalue weighted by Gasteiger charge is -2.32. The fraction of sp³-hybridized carbons (Fsp3) is 0.824. The summed E-state index contributed by atoms with van der Waals surface area (Å²) in [7, 11) is 0. The van der Waals surface area contributed by atoms with Gasteiger partial charge in [-0.15, -0.1) is 0 Å². The van der Waals surface area contributed by atoms with Gasteiger partial charge in [-0.3, -0.25) is 4.79 Å². The molecule has 1 aliphatic rings. The zero-order valence-electron chi connectivity index (χ0n) is 13.8. The van der Waals surface area contributed by atoms with Crippen molar-refractivity contribution in [2.45, 2.75) is 78.9 Å². The Balaban J connectivity index is 2.57. The molecule has 0 spiro atoms. The maximum atomic E-state index is 11.3. The molecule has 0 aromatic carbocycles. The van der Waals surface area contributed by atoms with Gasteiger partial charge < -0.3 is 9.84 Å². The van der Waals surface area contributed by atoms with Gasteiger partial charge in [0, 0.05) is 0 Å². The average molecular weight is 282 g/mol. The van der Waals surface area contributed by atoms with E-state index in [9.17, 15) is 9.90 Å². The van der Waals surface area contributed by atoms with Gasteiger partial charge in [-0.1, -0.05) is 19.9 Å². The highest BCUT2D eigenvalue weighted by molar-refractivity contribution is 5.77. The van der Waals surface area contributed by atoms with Crippen molar-refractivity contribution in [1.29, 1.82) is 0 Å². The van der Waals surface area contributed by atoms with Gasteiger partial charge in [-0.25, -0.2) is 0 Å². The van der Waals surface area contributed by atoms with Crippen LogP contribution in [0.2, 0.25) is 0 Å². The normalized spacial score (nSPS) is 20.1. The molecule has 1 saturated carbocycles. The number of rotatable bonds is 8. The van der Waals surface area contributed by atoms with E-state index in [1.807, 2.05) is 20.8 Å². The minimum absolute atomic E-state index is 0.0355. The van der Waals surface area contributed by atoms with Crippen LogP contribution in [0.25, 0.3) is 0 Å². The number of hydrogen-bond donors (Lipinski definition) is 1. The highest BCUT2D eigenvalue weighted by Crippen LogP contribution is 2.52. The Hall–Kier alpha value is -0.830. The van der Waals surface area contributed by atoms with E-state index in [-0.39, 0.29) is 6.10 Å². The predicted octanol–water partition coefficient (Wildman–Crippen LogP) is 4.42. The molecule has 116 valence electrons. The Morgan fingerprint density at radius 2 is 1.90 bits per heavy atom. The minimum Gasteiger partial charge on any atom is -0.481 e. The van der Waals surface area contributed by atoms with Gasteiger partial charge in [0.05, 0.1) is 17.1 Å². The van der Waals surface area contributed by atoms with Crippen molar-refractivity contribution in [1.82, 2.24) is 0 Å². The quantitative estimate of drug-likeness (QED) is 0.670. The lowest BCUT2D eigenvalue weighted by molar-refractivity contribution is -0.148. The third-order valence-corrected chi connectivity index (χ3v) is 4.12. The molecular formula is C17H30O3. The van der Waals surface area contributed by atoms with Crippen LogP contribution in [0.4, 0.5) is 0 Å². The van der Waals surface area contributed by atoms with E-state index in [0.717, 1.165) is 19.3 Å². The van der Waals surface area contributed by atoms with Gasteiger partial charge in [0.2, 0.25) is 0 Å². The van der Waals surface area contributed by atoms with Crippen molar-refractivity contribution in [3.8, 4) is 0 Å². The van der Waals surface area contributed by atoms with Crippen LogP contribution in [0.5, 0.6) is 0 Å². The topological polar surface area (TPSA) is 46.5 Å². The summed E-state index contributed by atoms with van der Waals surface area (Å²) in [6.07, 6.45) is 5.48. The maximum absolute atomic E-state index is 11.3. The zero-order valence-corrected chi connectivity index (χ0v) is 13.8. The van der Waals surface area contributed by atoms with Gasteiger partial charge in [-0.2, -0.15) is 0 Å². The molecule has 1 atom stereocenters. The number of carboxylic acid groups (broad SMARTS) is 1. The van der Waals surface area contributed by atoms with E-state index < -0.39 is 17.0 Å². The van der Waals surface area contributed by atoms with Crippen LogP contribution >= 0.6 is 0 Å². The Morgan fingerprint density at radius 3 is 2.30 bits per heavy atom. The first kappa shape index (κ1) is 17.2. The monoisotopic (exact) mass is 282 g/mol. The highest BCUT2D eigenvalue weighted by Gasteiger charge is 2.53. The molecule has 0 unspecified atom stereocenters. The van der Waals surface area contributed by atoms with E-state index in [4.69, 9.17) is 4.74 Å². The minimum atomic E-state index is -0.672. The van der Waals surface area contributed by atoms with Crippen molar-refractivity contribution < 1.29 is 14.6 Å². The second kappa shape index (κ2) is 6.30. The van der Waals surface area contributed by atoms with Crippen molar-refractivity contribution in [2.24, 2.45) is 11.3 Å². The number of ether oxygens (including phenoxy) is 1. The summed E-state index contributed by atoms with van der Waals surface area (Å²) < 4.78 is 6.13. The summed E-state index contributed by atoms with van der Waals surface area (Å²) in [4.78, 5) is 11.3. The molecule has 0 aromatic heterocycles. The number of carbonyl (C=O) groups is 1. The highest BCUT2D eigenvalue weighted by atomic mass is 16.5.